The number of aromatic nitrogens is 2. The molecule has 1 amide bonds. The van der Waals surface area contributed by atoms with Crippen LogP contribution in [0, 0.1) is 6.92 Å². The number of aryl methyl sites for hydroxylation is 1. The third-order valence-corrected chi connectivity index (χ3v) is 5.08. The number of nitrogens with zero attached hydrogens (tertiary/aromatic N) is 1. The first-order valence-corrected chi connectivity index (χ1v) is 9.69. The maximum atomic E-state index is 12.4. The van der Waals surface area contributed by atoms with Crippen molar-refractivity contribution in [2.45, 2.75) is 24.3 Å². The van der Waals surface area contributed by atoms with Crippen LogP contribution >= 0.6 is 23.4 Å². The van der Waals surface area contributed by atoms with E-state index in [1.54, 1.807) is 31.2 Å². The lowest BCUT2D eigenvalue weighted by atomic mass is 10.1. The van der Waals surface area contributed by atoms with Crippen LogP contribution < -0.4 is 10.9 Å². The topological polar surface area (TPSA) is 74.8 Å². The van der Waals surface area contributed by atoms with E-state index in [0.29, 0.717) is 32.9 Å². The van der Waals surface area contributed by atoms with Gasteiger partial charge in [0, 0.05) is 27.7 Å². The van der Waals surface area contributed by atoms with Crippen LogP contribution in [0.25, 0.3) is 0 Å². The van der Waals surface area contributed by atoms with Crippen molar-refractivity contribution < 1.29 is 4.79 Å². The monoisotopic (exact) mass is 399 g/mol. The van der Waals surface area contributed by atoms with Crippen molar-refractivity contribution in [2.75, 3.05) is 5.32 Å². The van der Waals surface area contributed by atoms with Gasteiger partial charge in [-0.25, -0.2) is 4.98 Å². The van der Waals surface area contributed by atoms with E-state index in [0.717, 1.165) is 5.56 Å². The van der Waals surface area contributed by atoms with Gasteiger partial charge in [0.1, 0.15) is 0 Å². The molecule has 3 aromatic rings. The fraction of sp³-hybridized carbons (Fsp3) is 0.150. The Kier molecular flexibility index (Phi) is 6.32. The predicted octanol–water partition coefficient (Wildman–Crippen LogP) is 4.21. The van der Waals surface area contributed by atoms with Crippen LogP contribution in [0.15, 0.2) is 64.5 Å². The van der Waals surface area contributed by atoms with Gasteiger partial charge in [0.05, 0.1) is 6.42 Å². The maximum Gasteiger partial charge on any atom is 0.255 e. The van der Waals surface area contributed by atoms with Crippen molar-refractivity contribution in [1.82, 2.24) is 9.97 Å². The van der Waals surface area contributed by atoms with Crippen LogP contribution in [-0.4, -0.2) is 15.9 Å². The highest BCUT2D eigenvalue weighted by Gasteiger charge is 2.13. The van der Waals surface area contributed by atoms with E-state index in [1.165, 1.54) is 11.8 Å². The highest BCUT2D eigenvalue weighted by Crippen LogP contribution is 2.19. The molecule has 138 valence electrons. The van der Waals surface area contributed by atoms with Gasteiger partial charge in [-0.3, -0.25) is 9.59 Å². The zero-order chi connectivity index (χ0) is 19.2. The molecule has 7 heteroatoms. The minimum Gasteiger partial charge on any atom is -0.326 e. The molecule has 0 atom stereocenters. The molecule has 0 aliphatic carbocycles. The molecule has 2 aromatic carbocycles. The van der Waals surface area contributed by atoms with E-state index < -0.39 is 0 Å². The van der Waals surface area contributed by atoms with Gasteiger partial charge in [-0.2, -0.15) is 0 Å². The number of rotatable bonds is 6. The van der Waals surface area contributed by atoms with Gasteiger partial charge in [0.2, 0.25) is 5.91 Å². The number of thioether (sulfide) groups is 1. The Bertz CT molecular complexity index is 988. The standard InChI is InChI=1S/C20H18ClN3O2S/c1-13-17(11-18(25)23-16-9-7-15(21)8-10-16)19(26)24-20(22-13)27-12-14-5-3-2-4-6-14/h2-10H,11-12H2,1H3,(H,23,25)(H,22,24,26). The van der Waals surface area contributed by atoms with Crippen LogP contribution in [0.3, 0.4) is 0 Å². The molecule has 0 spiro atoms. The number of anilines is 1. The number of hydrogen-bond acceptors (Lipinski definition) is 4. The minimum atomic E-state index is -0.288. The highest BCUT2D eigenvalue weighted by atomic mass is 35.5. The molecule has 0 aliphatic rings. The molecule has 3 rings (SSSR count). The van der Waals surface area contributed by atoms with Crippen molar-refractivity contribution >= 4 is 35.0 Å². The van der Waals surface area contributed by atoms with Crippen LogP contribution in [0.4, 0.5) is 5.69 Å². The summed E-state index contributed by atoms with van der Waals surface area (Å²) < 4.78 is 0. The van der Waals surface area contributed by atoms with Gasteiger partial charge in [-0.1, -0.05) is 53.7 Å². The first kappa shape index (κ1) is 19.2. The summed E-state index contributed by atoms with van der Waals surface area (Å²) in [4.78, 5) is 31.8. The molecule has 2 N–H and O–H groups in total. The highest BCUT2D eigenvalue weighted by molar-refractivity contribution is 7.98. The van der Waals surface area contributed by atoms with E-state index in [2.05, 4.69) is 15.3 Å². The van der Waals surface area contributed by atoms with Crippen molar-refractivity contribution in [2.24, 2.45) is 0 Å². The molecule has 0 bridgehead atoms. The Balaban J connectivity index is 1.66. The number of halogens is 1. The second-order valence-corrected chi connectivity index (χ2v) is 7.34. The third-order valence-electron chi connectivity index (χ3n) is 3.88. The second-order valence-electron chi connectivity index (χ2n) is 5.94. The SMILES string of the molecule is Cc1nc(SCc2ccccc2)[nH]c(=O)c1CC(=O)Nc1ccc(Cl)cc1. The number of H-pyrrole nitrogens is 1. The quantitative estimate of drug-likeness (QED) is 0.481. The summed E-state index contributed by atoms with van der Waals surface area (Å²) in [5, 5.41) is 3.89. The molecular formula is C20H18ClN3O2S. The van der Waals surface area contributed by atoms with Crippen LogP contribution in [0.2, 0.25) is 5.02 Å². The Morgan fingerprint density at radius 1 is 1.15 bits per heavy atom. The molecule has 0 radical (unpaired) electrons. The number of hydrogen-bond donors (Lipinski definition) is 2. The van der Waals surface area contributed by atoms with Crippen molar-refractivity contribution in [3.63, 3.8) is 0 Å². The average Bonchev–Trinajstić information content (AvgIpc) is 2.66. The molecule has 0 fully saturated rings. The number of carbonyl (C=O) groups excluding carboxylic acids is 1. The van der Waals surface area contributed by atoms with Crippen LogP contribution in [-0.2, 0) is 17.0 Å². The summed E-state index contributed by atoms with van der Waals surface area (Å²) in [7, 11) is 0. The molecule has 0 saturated heterocycles. The summed E-state index contributed by atoms with van der Waals surface area (Å²) in [6.45, 7) is 1.74. The first-order chi connectivity index (χ1) is 13.0. The Morgan fingerprint density at radius 3 is 2.52 bits per heavy atom. The van der Waals surface area contributed by atoms with Gasteiger partial charge in [-0.05, 0) is 36.8 Å². The molecule has 1 heterocycles. The molecule has 0 aliphatic heterocycles. The Morgan fingerprint density at radius 2 is 1.85 bits per heavy atom. The zero-order valence-electron chi connectivity index (χ0n) is 14.7. The Hall–Kier alpha value is -2.57. The van der Waals surface area contributed by atoms with Crippen molar-refractivity contribution in [3.05, 3.63) is 86.8 Å². The summed E-state index contributed by atoms with van der Waals surface area (Å²) in [6, 6.07) is 16.7. The number of carbonyl (C=O) groups is 1. The van der Waals surface area contributed by atoms with E-state index in [4.69, 9.17) is 11.6 Å². The van der Waals surface area contributed by atoms with Gasteiger partial charge in [0.15, 0.2) is 5.16 Å². The predicted molar refractivity (Wildman–Crippen MR) is 109 cm³/mol. The maximum absolute atomic E-state index is 12.4. The fourth-order valence-corrected chi connectivity index (χ4v) is 3.47. The molecule has 27 heavy (non-hydrogen) atoms. The number of aromatic amines is 1. The lowest BCUT2D eigenvalue weighted by Crippen LogP contribution is -2.23. The minimum absolute atomic E-state index is 0.0412. The number of amides is 1. The normalized spacial score (nSPS) is 10.6. The van der Waals surface area contributed by atoms with Gasteiger partial charge in [0.25, 0.3) is 5.56 Å². The van der Waals surface area contributed by atoms with Gasteiger partial charge < -0.3 is 10.3 Å². The lowest BCUT2D eigenvalue weighted by molar-refractivity contribution is -0.115. The molecule has 0 saturated carbocycles. The fourth-order valence-electron chi connectivity index (χ4n) is 2.49. The largest absolute Gasteiger partial charge is 0.326 e. The lowest BCUT2D eigenvalue weighted by Gasteiger charge is -2.08. The summed E-state index contributed by atoms with van der Waals surface area (Å²) in [5.41, 5.74) is 2.41. The molecule has 0 unspecified atom stereocenters. The zero-order valence-corrected chi connectivity index (χ0v) is 16.2. The van der Waals surface area contributed by atoms with E-state index in [-0.39, 0.29) is 17.9 Å². The van der Waals surface area contributed by atoms with Crippen LogP contribution in [0.1, 0.15) is 16.8 Å². The van der Waals surface area contributed by atoms with Crippen molar-refractivity contribution in [3.8, 4) is 0 Å². The first-order valence-electron chi connectivity index (χ1n) is 8.33. The summed E-state index contributed by atoms with van der Waals surface area (Å²) in [6.07, 6.45) is -0.0412. The number of benzene rings is 2. The summed E-state index contributed by atoms with van der Waals surface area (Å²) >= 11 is 7.28. The average molecular weight is 400 g/mol. The van der Waals surface area contributed by atoms with Gasteiger partial charge >= 0.3 is 0 Å². The molecular weight excluding hydrogens is 382 g/mol. The molecule has 5 nitrogen and oxygen atoms in total. The van der Waals surface area contributed by atoms with E-state index >= 15 is 0 Å². The van der Waals surface area contributed by atoms with E-state index in [9.17, 15) is 9.59 Å². The van der Waals surface area contributed by atoms with Crippen LogP contribution in [0.5, 0.6) is 0 Å². The third kappa shape index (κ3) is 5.45. The van der Waals surface area contributed by atoms with E-state index in [1.807, 2.05) is 30.3 Å². The van der Waals surface area contributed by atoms with Crippen molar-refractivity contribution in [1.29, 1.82) is 0 Å². The Labute approximate surface area is 166 Å². The van der Waals surface area contributed by atoms with Gasteiger partial charge in [-0.15, -0.1) is 0 Å². The number of nitrogens with one attached hydrogen (secondary N) is 2. The molecule has 1 aromatic heterocycles. The smallest absolute Gasteiger partial charge is 0.255 e. The summed E-state index contributed by atoms with van der Waals surface area (Å²) in [5.74, 6) is 0.428. The second kappa shape index (κ2) is 8.88.